The van der Waals surface area contributed by atoms with E-state index in [4.69, 9.17) is 4.74 Å². The number of hydrogen-bond acceptors (Lipinski definition) is 5. The predicted octanol–water partition coefficient (Wildman–Crippen LogP) is -0.206. The molecule has 8 heteroatoms. The van der Waals surface area contributed by atoms with Gasteiger partial charge in [0, 0.05) is 19.1 Å². The number of carbonyl (C=O) groups excluding carboxylic acids is 3. The number of nitrogens with one attached hydrogen (secondary N) is 2. The van der Waals surface area contributed by atoms with Gasteiger partial charge in [0.15, 0.2) is 0 Å². The third-order valence-corrected chi connectivity index (χ3v) is 6.13. The lowest BCUT2D eigenvalue weighted by Crippen LogP contribution is -2.56. The molecule has 3 aliphatic rings. The molecule has 3 fully saturated rings. The Bertz CT molecular complexity index is 639. The molecule has 0 saturated carbocycles. The number of aliphatic hydroxyl groups is 1. The summed E-state index contributed by atoms with van der Waals surface area (Å²) in [6.07, 6.45) is 1.98. The average molecular weight is 381 g/mol. The van der Waals surface area contributed by atoms with Crippen molar-refractivity contribution in [2.75, 3.05) is 19.7 Å². The van der Waals surface area contributed by atoms with Crippen molar-refractivity contribution in [2.45, 2.75) is 70.2 Å². The maximum Gasteiger partial charge on any atom is 0.246 e. The van der Waals surface area contributed by atoms with Crippen LogP contribution in [0.5, 0.6) is 0 Å². The first-order valence-electron chi connectivity index (χ1n) is 9.91. The van der Waals surface area contributed by atoms with Crippen molar-refractivity contribution in [3.63, 3.8) is 0 Å². The summed E-state index contributed by atoms with van der Waals surface area (Å²) in [5.41, 5.74) is -1.76. The third-order valence-electron chi connectivity index (χ3n) is 6.13. The number of rotatable bonds is 7. The van der Waals surface area contributed by atoms with Crippen molar-refractivity contribution >= 4 is 17.7 Å². The molecule has 27 heavy (non-hydrogen) atoms. The molecular weight excluding hydrogens is 350 g/mol. The number of ether oxygens (including phenoxy) is 1. The fourth-order valence-electron chi connectivity index (χ4n) is 5.20. The highest BCUT2D eigenvalue weighted by Gasteiger charge is 2.77. The highest BCUT2D eigenvalue weighted by atomic mass is 16.5. The normalized spacial score (nSPS) is 37.0. The first-order chi connectivity index (χ1) is 12.7. The molecular formula is C19H31N3O5. The Morgan fingerprint density at radius 1 is 1.33 bits per heavy atom. The van der Waals surface area contributed by atoms with Crippen LogP contribution in [-0.4, -0.2) is 70.7 Å². The minimum atomic E-state index is -1.01. The van der Waals surface area contributed by atoms with Crippen LogP contribution in [0.4, 0.5) is 0 Å². The molecule has 5 atom stereocenters. The summed E-state index contributed by atoms with van der Waals surface area (Å²) in [7, 11) is 0. The summed E-state index contributed by atoms with van der Waals surface area (Å²) in [5, 5.41) is 15.2. The molecule has 3 rings (SSSR count). The van der Waals surface area contributed by atoms with Crippen molar-refractivity contribution in [1.82, 2.24) is 15.5 Å². The molecule has 3 aliphatic heterocycles. The lowest BCUT2D eigenvalue weighted by atomic mass is 9.66. The highest BCUT2D eigenvalue weighted by molar-refractivity contribution is 5.99. The van der Waals surface area contributed by atoms with Crippen LogP contribution >= 0.6 is 0 Å². The van der Waals surface area contributed by atoms with Crippen molar-refractivity contribution in [3.8, 4) is 0 Å². The monoisotopic (exact) mass is 381 g/mol. The van der Waals surface area contributed by atoms with Crippen LogP contribution < -0.4 is 10.6 Å². The maximum absolute atomic E-state index is 13.3. The van der Waals surface area contributed by atoms with Crippen LogP contribution in [0.3, 0.4) is 0 Å². The van der Waals surface area contributed by atoms with E-state index in [1.807, 2.05) is 27.7 Å². The Kier molecular flexibility index (Phi) is 5.24. The van der Waals surface area contributed by atoms with Crippen molar-refractivity contribution < 1.29 is 24.2 Å². The number of hydrogen-bond donors (Lipinski definition) is 3. The lowest BCUT2D eigenvalue weighted by molar-refractivity contribution is -0.146. The zero-order valence-electron chi connectivity index (χ0n) is 16.6. The zero-order valence-corrected chi connectivity index (χ0v) is 16.6. The quantitative estimate of drug-likeness (QED) is 0.566. The topological polar surface area (TPSA) is 108 Å². The number of fused-ring (bicyclic) bond motifs is 1. The molecule has 1 spiro atoms. The van der Waals surface area contributed by atoms with Crippen LogP contribution in [0.1, 0.15) is 47.0 Å². The summed E-state index contributed by atoms with van der Waals surface area (Å²) in [4.78, 5) is 40.6. The molecule has 8 nitrogen and oxygen atoms in total. The van der Waals surface area contributed by atoms with Gasteiger partial charge in [0.25, 0.3) is 0 Å². The van der Waals surface area contributed by atoms with E-state index in [2.05, 4.69) is 10.6 Å². The second kappa shape index (κ2) is 7.05. The van der Waals surface area contributed by atoms with Gasteiger partial charge < -0.3 is 25.4 Å². The molecule has 0 aromatic heterocycles. The number of aliphatic hydroxyl groups excluding tert-OH is 1. The Morgan fingerprint density at radius 3 is 2.63 bits per heavy atom. The molecule has 3 heterocycles. The number of amides is 3. The lowest BCUT2D eigenvalue weighted by Gasteiger charge is -2.33. The molecule has 3 amide bonds. The van der Waals surface area contributed by atoms with Crippen molar-refractivity contribution in [2.24, 2.45) is 11.8 Å². The zero-order chi connectivity index (χ0) is 20.0. The predicted molar refractivity (Wildman–Crippen MR) is 97.6 cm³/mol. The Balaban J connectivity index is 2.00. The van der Waals surface area contributed by atoms with E-state index in [0.29, 0.717) is 19.4 Å². The molecule has 0 radical (unpaired) electrons. The van der Waals surface area contributed by atoms with Gasteiger partial charge >= 0.3 is 0 Å². The van der Waals surface area contributed by atoms with Gasteiger partial charge in [-0.15, -0.1) is 0 Å². The van der Waals surface area contributed by atoms with Gasteiger partial charge in [0.05, 0.1) is 24.0 Å². The second-order valence-corrected chi connectivity index (χ2v) is 8.44. The molecule has 2 unspecified atom stereocenters. The SMILES string of the molecule is CCCNC(=O)[C@H]1[C@H]2C(=O)N(CCO)C(C(=O)NC(C)C)C23CC[C@]1(C)O3. The van der Waals surface area contributed by atoms with Gasteiger partial charge in [-0.1, -0.05) is 6.92 Å². The fourth-order valence-corrected chi connectivity index (χ4v) is 5.20. The summed E-state index contributed by atoms with van der Waals surface area (Å²) in [5.74, 6) is -2.06. The summed E-state index contributed by atoms with van der Waals surface area (Å²) >= 11 is 0. The van der Waals surface area contributed by atoms with Crippen LogP contribution in [0.15, 0.2) is 0 Å². The van der Waals surface area contributed by atoms with Gasteiger partial charge in [-0.3, -0.25) is 14.4 Å². The average Bonchev–Trinajstić information content (AvgIpc) is 3.14. The first-order valence-corrected chi connectivity index (χ1v) is 9.91. The minimum absolute atomic E-state index is 0.0522. The van der Waals surface area contributed by atoms with Crippen LogP contribution in [0, 0.1) is 11.8 Å². The fraction of sp³-hybridized carbons (Fsp3) is 0.842. The van der Waals surface area contributed by atoms with Gasteiger partial charge in [0.1, 0.15) is 11.6 Å². The van der Waals surface area contributed by atoms with E-state index in [1.165, 1.54) is 4.90 Å². The van der Waals surface area contributed by atoms with Gasteiger partial charge in [0.2, 0.25) is 17.7 Å². The number of carbonyl (C=O) groups is 3. The number of nitrogens with zero attached hydrogens (tertiary/aromatic N) is 1. The van der Waals surface area contributed by atoms with E-state index in [9.17, 15) is 19.5 Å². The standard InChI is InChI=1S/C19H31N3O5/c1-5-8-20-15(24)12-13-17(26)22(9-10-23)14(16(25)21-11(2)3)19(13)7-6-18(12,4)27-19/h11-14,23H,5-10H2,1-4H3,(H,20,24)(H,21,25)/t12-,13+,14?,18+,19?/m1/s1. The van der Waals surface area contributed by atoms with E-state index in [-0.39, 0.29) is 36.9 Å². The smallest absolute Gasteiger partial charge is 0.246 e. The Hall–Kier alpha value is -1.67. The third kappa shape index (κ3) is 2.93. The summed E-state index contributed by atoms with van der Waals surface area (Å²) in [6, 6.07) is -0.910. The second-order valence-electron chi connectivity index (χ2n) is 8.44. The molecule has 0 aliphatic carbocycles. The minimum Gasteiger partial charge on any atom is -0.395 e. The van der Waals surface area contributed by atoms with Crippen molar-refractivity contribution in [1.29, 1.82) is 0 Å². The number of β-amino-alcohol motifs (C(OH)–C–C–N with tert-alkyl or cyclic N) is 1. The molecule has 3 saturated heterocycles. The van der Waals surface area contributed by atoms with Gasteiger partial charge in [-0.2, -0.15) is 0 Å². The van der Waals surface area contributed by atoms with Crippen LogP contribution in [0.2, 0.25) is 0 Å². The maximum atomic E-state index is 13.3. The molecule has 0 aromatic rings. The molecule has 2 bridgehead atoms. The molecule has 152 valence electrons. The Morgan fingerprint density at radius 2 is 2.04 bits per heavy atom. The largest absolute Gasteiger partial charge is 0.395 e. The summed E-state index contributed by atoms with van der Waals surface area (Å²) < 4.78 is 6.38. The molecule has 3 N–H and O–H groups in total. The highest BCUT2D eigenvalue weighted by Crippen LogP contribution is 2.63. The van der Waals surface area contributed by atoms with E-state index in [1.54, 1.807) is 0 Å². The number of likely N-dealkylation sites (tertiary alicyclic amines) is 1. The van der Waals surface area contributed by atoms with Crippen LogP contribution in [0.25, 0.3) is 0 Å². The van der Waals surface area contributed by atoms with E-state index < -0.39 is 29.1 Å². The van der Waals surface area contributed by atoms with E-state index in [0.717, 1.165) is 6.42 Å². The molecule has 0 aromatic carbocycles. The van der Waals surface area contributed by atoms with E-state index >= 15 is 0 Å². The summed E-state index contributed by atoms with van der Waals surface area (Å²) in [6.45, 7) is 7.90. The van der Waals surface area contributed by atoms with Gasteiger partial charge in [-0.25, -0.2) is 0 Å². The Labute approximate surface area is 160 Å². The first kappa shape index (κ1) is 20.1. The van der Waals surface area contributed by atoms with Gasteiger partial charge in [-0.05, 0) is 40.0 Å². The van der Waals surface area contributed by atoms with Crippen molar-refractivity contribution in [3.05, 3.63) is 0 Å². The van der Waals surface area contributed by atoms with Crippen LogP contribution in [-0.2, 0) is 19.1 Å².